The van der Waals surface area contributed by atoms with E-state index in [9.17, 15) is 9.59 Å². The zero-order chi connectivity index (χ0) is 18.6. The lowest BCUT2D eigenvalue weighted by atomic mass is 10.1. The van der Waals surface area contributed by atoms with Crippen molar-refractivity contribution in [1.29, 1.82) is 0 Å². The number of carbonyl (C=O) groups excluding carboxylic acids is 2. The van der Waals surface area contributed by atoms with Crippen LogP contribution in [0.2, 0.25) is 0 Å². The van der Waals surface area contributed by atoms with Gasteiger partial charge in [0.05, 0.1) is 26.4 Å². The Morgan fingerprint density at radius 3 is 1.33 bits per heavy atom. The topological polar surface area (TPSA) is 52.6 Å². The van der Waals surface area contributed by atoms with Crippen LogP contribution < -0.4 is 0 Å². The molecule has 0 aromatic heterocycles. The minimum atomic E-state index is -0.0183. The van der Waals surface area contributed by atoms with E-state index in [1.807, 2.05) is 0 Å². The van der Waals surface area contributed by atoms with Crippen LogP contribution in [0.3, 0.4) is 0 Å². The van der Waals surface area contributed by atoms with Crippen LogP contribution >= 0.6 is 23.5 Å². The van der Waals surface area contributed by atoms with Gasteiger partial charge in [0, 0.05) is 33.8 Å². The quantitative estimate of drug-likeness (QED) is 0.402. The molecule has 24 heavy (non-hydrogen) atoms. The summed E-state index contributed by atoms with van der Waals surface area (Å²) in [4.78, 5) is 22.3. The molecule has 0 radical (unpaired) electrons. The van der Waals surface area contributed by atoms with E-state index in [0.717, 1.165) is 11.5 Å². The van der Waals surface area contributed by atoms with Crippen LogP contribution in [-0.2, 0) is 19.1 Å². The maximum absolute atomic E-state index is 11.2. The Kier molecular flexibility index (Phi) is 12.3. The van der Waals surface area contributed by atoms with Crippen LogP contribution in [0.4, 0.5) is 0 Å². The summed E-state index contributed by atoms with van der Waals surface area (Å²) >= 11 is 3.54. The molecule has 4 nitrogen and oxygen atoms in total. The lowest BCUT2D eigenvalue weighted by Gasteiger charge is -2.22. The molecule has 0 spiro atoms. The summed E-state index contributed by atoms with van der Waals surface area (Å²) in [6, 6.07) is 0. The predicted octanol–water partition coefficient (Wildman–Crippen LogP) is 4.00. The first-order valence-corrected chi connectivity index (χ1v) is 10.4. The van der Waals surface area contributed by atoms with E-state index >= 15 is 0 Å². The van der Waals surface area contributed by atoms with Gasteiger partial charge in [0.1, 0.15) is 11.6 Å². The van der Waals surface area contributed by atoms with E-state index in [-0.39, 0.29) is 21.1 Å². The van der Waals surface area contributed by atoms with Gasteiger partial charge in [-0.1, -0.05) is 27.7 Å². The number of rotatable bonds is 15. The Bertz CT molecular complexity index is 345. The van der Waals surface area contributed by atoms with Gasteiger partial charge in [-0.25, -0.2) is 0 Å². The van der Waals surface area contributed by atoms with Crippen molar-refractivity contribution in [3.8, 4) is 0 Å². The van der Waals surface area contributed by atoms with E-state index in [0.29, 0.717) is 39.3 Å². The maximum atomic E-state index is 11.2. The zero-order valence-corrected chi connectivity index (χ0v) is 17.7. The van der Waals surface area contributed by atoms with Crippen LogP contribution in [0.1, 0.15) is 54.4 Å². The van der Waals surface area contributed by atoms with E-state index in [1.54, 1.807) is 37.4 Å². The average Bonchev–Trinajstić information content (AvgIpc) is 2.37. The second-order valence-corrected chi connectivity index (χ2v) is 10.8. The fourth-order valence-corrected chi connectivity index (χ4v) is 4.50. The molecule has 142 valence electrons. The second-order valence-electron chi connectivity index (χ2n) is 7.20. The first kappa shape index (κ1) is 24.0. The molecule has 6 heteroatoms. The Labute approximate surface area is 156 Å². The maximum Gasteiger partial charge on any atom is 0.131 e. The molecule has 0 saturated carbocycles. The second kappa shape index (κ2) is 12.3. The van der Waals surface area contributed by atoms with Gasteiger partial charge in [-0.05, 0) is 13.8 Å². The van der Waals surface area contributed by atoms with Gasteiger partial charge < -0.3 is 9.47 Å². The summed E-state index contributed by atoms with van der Waals surface area (Å²) in [5.74, 6) is 2.22. The summed E-state index contributed by atoms with van der Waals surface area (Å²) in [6.07, 6.45) is 1.19. The van der Waals surface area contributed by atoms with Crippen LogP contribution in [0.15, 0.2) is 0 Å². The minimum Gasteiger partial charge on any atom is -0.378 e. The standard InChI is InChI=1S/C18H34O4S2/c1-15(19)13-17(3,4)23-11-9-21-7-8-22-10-12-24-18(5,6)14-16(2)20/h7-14H2,1-6H3. The largest absolute Gasteiger partial charge is 0.378 e. The SMILES string of the molecule is CC(=O)CC(C)(C)SCCOCCOCCSC(C)(C)CC(C)=O. The van der Waals surface area contributed by atoms with Crippen molar-refractivity contribution in [3.05, 3.63) is 0 Å². The molecule has 0 bridgehead atoms. The molecule has 0 unspecified atom stereocenters. The third-order valence-corrected chi connectivity index (χ3v) is 5.76. The van der Waals surface area contributed by atoms with Crippen LogP contribution in [0, 0.1) is 0 Å². The molecule has 0 fully saturated rings. The van der Waals surface area contributed by atoms with Gasteiger partial charge in [0.25, 0.3) is 0 Å². The highest BCUT2D eigenvalue weighted by atomic mass is 32.2. The van der Waals surface area contributed by atoms with Crippen molar-refractivity contribution in [2.24, 2.45) is 0 Å². The lowest BCUT2D eigenvalue weighted by molar-refractivity contribution is -0.118. The molecule has 0 rings (SSSR count). The summed E-state index contributed by atoms with van der Waals surface area (Å²) in [7, 11) is 0. The van der Waals surface area contributed by atoms with E-state index in [4.69, 9.17) is 9.47 Å². The highest BCUT2D eigenvalue weighted by Crippen LogP contribution is 2.28. The smallest absolute Gasteiger partial charge is 0.131 e. The van der Waals surface area contributed by atoms with Crippen LogP contribution in [0.5, 0.6) is 0 Å². The number of thioether (sulfide) groups is 2. The summed E-state index contributed by atoms with van der Waals surface area (Å²) in [5, 5.41) is 0. The molecular weight excluding hydrogens is 344 g/mol. The number of Topliss-reactive ketones (excluding diaryl/α,β-unsaturated/α-hetero) is 2. The highest BCUT2D eigenvalue weighted by molar-refractivity contribution is 8.00. The summed E-state index contributed by atoms with van der Waals surface area (Å²) in [6.45, 7) is 14.2. The highest BCUT2D eigenvalue weighted by Gasteiger charge is 2.20. The molecule has 0 aliphatic carbocycles. The monoisotopic (exact) mass is 378 g/mol. The Morgan fingerprint density at radius 1 is 0.708 bits per heavy atom. The molecule has 0 aromatic rings. The fraction of sp³-hybridized carbons (Fsp3) is 0.889. The first-order valence-electron chi connectivity index (χ1n) is 8.46. The number of ether oxygens (including phenoxy) is 2. The molecule has 0 aromatic carbocycles. The molecule has 0 amide bonds. The minimum absolute atomic E-state index is 0.0183. The van der Waals surface area contributed by atoms with Gasteiger partial charge in [0.2, 0.25) is 0 Å². The summed E-state index contributed by atoms with van der Waals surface area (Å²) < 4.78 is 11.1. The fourth-order valence-electron chi connectivity index (χ4n) is 2.38. The Balaban J connectivity index is 3.49. The molecule has 0 aliphatic heterocycles. The number of hydrogen-bond acceptors (Lipinski definition) is 6. The van der Waals surface area contributed by atoms with Gasteiger partial charge >= 0.3 is 0 Å². The number of ketones is 2. The van der Waals surface area contributed by atoms with Gasteiger partial charge in [-0.15, -0.1) is 0 Å². The van der Waals surface area contributed by atoms with Crippen molar-refractivity contribution in [1.82, 2.24) is 0 Å². The van der Waals surface area contributed by atoms with Gasteiger partial charge in [0.15, 0.2) is 0 Å². The Hall–Kier alpha value is -0.0400. The summed E-state index contributed by atoms with van der Waals surface area (Å²) in [5.41, 5.74) is 0. The van der Waals surface area contributed by atoms with Crippen LogP contribution in [0.25, 0.3) is 0 Å². The lowest BCUT2D eigenvalue weighted by Crippen LogP contribution is -2.21. The number of hydrogen-bond donors (Lipinski definition) is 0. The molecular formula is C18H34O4S2. The van der Waals surface area contributed by atoms with Crippen molar-refractivity contribution < 1.29 is 19.1 Å². The van der Waals surface area contributed by atoms with E-state index in [1.165, 1.54) is 0 Å². The zero-order valence-electron chi connectivity index (χ0n) is 16.1. The van der Waals surface area contributed by atoms with Crippen molar-refractivity contribution in [3.63, 3.8) is 0 Å². The van der Waals surface area contributed by atoms with E-state index in [2.05, 4.69) is 27.7 Å². The van der Waals surface area contributed by atoms with Gasteiger partial charge in [-0.3, -0.25) is 9.59 Å². The Morgan fingerprint density at radius 2 is 1.04 bits per heavy atom. The van der Waals surface area contributed by atoms with Crippen molar-refractivity contribution in [2.45, 2.75) is 63.9 Å². The first-order chi connectivity index (χ1) is 11.0. The predicted molar refractivity (Wildman–Crippen MR) is 105 cm³/mol. The van der Waals surface area contributed by atoms with Gasteiger partial charge in [-0.2, -0.15) is 23.5 Å². The molecule has 0 N–H and O–H groups in total. The molecule has 0 saturated heterocycles. The van der Waals surface area contributed by atoms with Crippen LogP contribution in [-0.4, -0.2) is 59.0 Å². The third-order valence-electron chi connectivity index (χ3n) is 3.16. The van der Waals surface area contributed by atoms with Crippen molar-refractivity contribution in [2.75, 3.05) is 37.9 Å². The molecule has 0 aliphatic rings. The molecule has 0 heterocycles. The van der Waals surface area contributed by atoms with E-state index < -0.39 is 0 Å². The third kappa shape index (κ3) is 15.5. The van der Waals surface area contributed by atoms with Crippen molar-refractivity contribution >= 4 is 35.1 Å². The molecule has 0 atom stereocenters. The number of carbonyl (C=O) groups is 2. The normalized spacial score (nSPS) is 12.4. The average molecular weight is 379 g/mol.